The van der Waals surface area contributed by atoms with Gasteiger partial charge in [0.2, 0.25) is 5.91 Å². The van der Waals surface area contributed by atoms with Gasteiger partial charge in [-0.1, -0.05) is 20.8 Å². The molecule has 0 aliphatic carbocycles. The van der Waals surface area contributed by atoms with Crippen LogP contribution in [0.3, 0.4) is 0 Å². The maximum atomic E-state index is 11.6. The van der Waals surface area contributed by atoms with Gasteiger partial charge in [0.05, 0.1) is 11.7 Å². The van der Waals surface area contributed by atoms with Gasteiger partial charge >= 0.3 is 0 Å². The van der Waals surface area contributed by atoms with Gasteiger partial charge < -0.3 is 10.6 Å². The lowest BCUT2D eigenvalue weighted by Crippen LogP contribution is -2.35. The Bertz CT molecular complexity index is 368. The summed E-state index contributed by atoms with van der Waals surface area (Å²) in [6.07, 6.45) is 0. The fraction of sp³-hybridized carbons (Fsp3) is 0.636. The molecule has 1 amide bonds. The van der Waals surface area contributed by atoms with Crippen LogP contribution in [-0.4, -0.2) is 24.0 Å². The highest BCUT2D eigenvalue weighted by atomic mass is 32.1. The van der Waals surface area contributed by atoms with Crippen molar-refractivity contribution in [2.24, 2.45) is 0 Å². The van der Waals surface area contributed by atoms with Gasteiger partial charge in [0, 0.05) is 10.8 Å². The molecule has 0 radical (unpaired) electrons. The normalized spacial score (nSPS) is 13.6. The minimum absolute atomic E-state index is 0.0219. The van der Waals surface area contributed by atoms with Crippen molar-refractivity contribution < 1.29 is 4.79 Å². The molecule has 2 N–H and O–H groups in total. The van der Waals surface area contributed by atoms with Gasteiger partial charge in [0.15, 0.2) is 5.13 Å². The second kappa shape index (κ2) is 4.93. The van der Waals surface area contributed by atoms with E-state index in [9.17, 15) is 4.79 Å². The van der Waals surface area contributed by atoms with E-state index < -0.39 is 0 Å². The number of carbonyl (C=O) groups excluding carboxylic acids is 1. The molecule has 1 unspecified atom stereocenters. The quantitative estimate of drug-likeness (QED) is 0.851. The number of likely N-dealkylation sites (N-methyl/N-ethyl adjacent to an activating group) is 1. The molecule has 0 fully saturated rings. The summed E-state index contributed by atoms with van der Waals surface area (Å²) in [6.45, 7) is 8.12. The summed E-state index contributed by atoms with van der Waals surface area (Å²) >= 11 is 1.46. The van der Waals surface area contributed by atoms with E-state index in [2.05, 4.69) is 36.4 Å². The lowest BCUT2D eigenvalue weighted by atomic mass is 9.93. The molecule has 0 aliphatic rings. The van der Waals surface area contributed by atoms with E-state index in [0.717, 1.165) is 5.69 Å². The van der Waals surface area contributed by atoms with Crippen molar-refractivity contribution in [2.75, 3.05) is 12.4 Å². The number of nitrogens with one attached hydrogen (secondary N) is 2. The first-order valence-electron chi connectivity index (χ1n) is 5.28. The molecule has 1 rings (SSSR count). The van der Waals surface area contributed by atoms with Crippen LogP contribution in [0.1, 0.15) is 33.4 Å². The molecule has 90 valence electrons. The number of hydrogen-bond donors (Lipinski definition) is 2. The van der Waals surface area contributed by atoms with Crippen molar-refractivity contribution in [3.05, 3.63) is 11.1 Å². The summed E-state index contributed by atoms with van der Waals surface area (Å²) in [7, 11) is 1.76. The number of thiazole rings is 1. The Kier molecular flexibility index (Phi) is 4.04. The van der Waals surface area contributed by atoms with Crippen molar-refractivity contribution >= 4 is 22.4 Å². The first kappa shape index (κ1) is 13.1. The van der Waals surface area contributed by atoms with Crippen LogP contribution in [0.5, 0.6) is 0 Å². The molecule has 0 spiro atoms. The van der Waals surface area contributed by atoms with E-state index in [0.29, 0.717) is 5.13 Å². The Morgan fingerprint density at radius 2 is 2.12 bits per heavy atom. The van der Waals surface area contributed by atoms with Gasteiger partial charge in [0.25, 0.3) is 0 Å². The Morgan fingerprint density at radius 1 is 1.50 bits per heavy atom. The van der Waals surface area contributed by atoms with E-state index in [1.165, 1.54) is 11.3 Å². The molecule has 1 aromatic heterocycles. The Morgan fingerprint density at radius 3 is 2.56 bits per heavy atom. The minimum atomic E-state index is -0.206. The Balaban J connectivity index is 2.70. The van der Waals surface area contributed by atoms with E-state index in [1.54, 1.807) is 7.05 Å². The molecular formula is C11H19N3OS. The minimum Gasteiger partial charge on any atom is -0.309 e. The third-order valence-corrected chi connectivity index (χ3v) is 3.09. The second-order valence-corrected chi connectivity index (χ2v) is 5.65. The van der Waals surface area contributed by atoms with Crippen LogP contribution in [-0.2, 0) is 10.2 Å². The number of nitrogens with zero attached hydrogens (tertiary/aromatic N) is 1. The van der Waals surface area contributed by atoms with Gasteiger partial charge in [0.1, 0.15) is 0 Å². The van der Waals surface area contributed by atoms with Crippen LogP contribution in [0, 0.1) is 0 Å². The molecule has 1 heterocycles. The predicted molar refractivity (Wildman–Crippen MR) is 68.0 cm³/mol. The van der Waals surface area contributed by atoms with Gasteiger partial charge in [-0.3, -0.25) is 4.79 Å². The lowest BCUT2D eigenvalue weighted by molar-refractivity contribution is -0.117. The summed E-state index contributed by atoms with van der Waals surface area (Å²) in [5.74, 6) is -0.0580. The van der Waals surface area contributed by atoms with Gasteiger partial charge in [-0.2, -0.15) is 0 Å². The van der Waals surface area contributed by atoms with Crippen LogP contribution < -0.4 is 10.6 Å². The molecule has 1 aromatic rings. The number of anilines is 1. The summed E-state index contributed by atoms with van der Waals surface area (Å²) < 4.78 is 0. The van der Waals surface area contributed by atoms with Crippen molar-refractivity contribution in [1.82, 2.24) is 10.3 Å². The van der Waals surface area contributed by atoms with Crippen molar-refractivity contribution in [3.8, 4) is 0 Å². The Hall–Kier alpha value is -0.940. The molecule has 1 atom stereocenters. The zero-order valence-electron chi connectivity index (χ0n) is 10.4. The smallest absolute Gasteiger partial charge is 0.242 e. The summed E-state index contributed by atoms with van der Waals surface area (Å²) in [4.78, 5) is 16.0. The molecule has 0 aromatic carbocycles. The first-order chi connectivity index (χ1) is 7.34. The number of rotatable bonds is 3. The van der Waals surface area contributed by atoms with Crippen LogP contribution in [0.15, 0.2) is 5.38 Å². The third-order valence-electron chi connectivity index (χ3n) is 2.33. The van der Waals surface area contributed by atoms with E-state index in [4.69, 9.17) is 0 Å². The number of amides is 1. The zero-order chi connectivity index (χ0) is 12.3. The molecule has 5 heteroatoms. The molecule has 0 aliphatic heterocycles. The first-order valence-corrected chi connectivity index (χ1v) is 6.16. The Labute approximate surface area is 100 Å². The largest absolute Gasteiger partial charge is 0.309 e. The summed E-state index contributed by atoms with van der Waals surface area (Å²) in [6, 6.07) is -0.206. The van der Waals surface area contributed by atoms with Crippen LogP contribution >= 0.6 is 11.3 Å². The second-order valence-electron chi connectivity index (χ2n) is 4.79. The van der Waals surface area contributed by atoms with Gasteiger partial charge in [-0.15, -0.1) is 11.3 Å². The fourth-order valence-corrected chi connectivity index (χ4v) is 1.96. The van der Waals surface area contributed by atoms with Crippen molar-refractivity contribution in [1.29, 1.82) is 0 Å². The molecule has 16 heavy (non-hydrogen) atoms. The molecule has 0 saturated heterocycles. The van der Waals surface area contributed by atoms with Crippen molar-refractivity contribution in [2.45, 2.75) is 39.2 Å². The highest BCUT2D eigenvalue weighted by Gasteiger charge is 2.19. The van der Waals surface area contributed by atoms with Gasteiger partial charge in [-0.25, -0.2) is 4.98 Å². The predicted octanol–water partition coefficient (Wildman–Crippen LogP) is 1.99. The molecule has 0 saturated carbocycles. The van der Waals surface area contributed by atoms with E-state index in [1.807, 2.05) is 12.3 Å². The van der Waals surface area contributed by atoms with E-state index in [-0.39, 0.29) is 17.4 Å². The maximum Gasteiger partial charge on any atom is 0.242 e. The summed E-state index contributed by atoms with van der Waals surface area (Å²) in [5.41, 5.74) is 1.03. The average molecular weight is 241 g/mol. The number of hydrogen-bond acceptors (Lipinski definition) is 4. The standard InChI is InChI=1S/C11H19N3OS/c1-7(12-5)9(15)14-10-13-8(6-16-10)11(2,3)4/h6-7,12H,1-5H3,(H,13,14,15). The van der Waals surface area contributed by atoms with Crippen LogP contribution in [0.4, 0.5) is 5.13 Å². The fourth-order valence-electron chi connectivity index (χ4n) is 1.02. The van der Waals surface area contributed by atoms with E-state index >= 15 is 0 Å². The highest BCUT2D eigenvalue weighted by molar-refractivity contribution is 7.13. The monoisotopic (exact) mass is 241 g/mol. The third kappa shape index (κ3) is 3.28. The SMILES string of the molecule is CNC(C)C(=O)Nc1nc(C(C)(C)C)cs1. The molecule has 0 bridgehead atoms. The average Bonchev–Trinajstić information content (AvgIpc) is 2.64. The molecular weight excluding hydrogens is 222 g/mol. The van der Waals surface area contributed by atoms with Crippen LogP contribution in [0.2, 0.25) is 0 Å². The van der Waals surface area contributed by atoms with Crippen LogP contribution in [0.25, 0.3) is 0 Å². The number of aromatic nitrogens is 1. The molecule has 4 nitrogen and oxygen atoms in total. The van der Waals surface area contributed by atoms with Crippen molar-refractivity contribution in [3.63, 3.8) is 0 Å². The van der Waals surface area contributed by atoms with Gasteiger partial charge in [-0.05, 0) is 14.0 Å². The highest BCUT2D eigenvalue weighted by Crippen LogP contribution is 2.26. The number of carbonyl (C=O) groups is 1. The maximum absolute atomic E-state index is 11.6. The topological polar surface area (TPSA) is 54.0 Å². The lowest BCUT2D eigenvalue weighted by Gasteiger charge is -2.14. The zero-order valence-corrected chi connectivity index (χ0v) is 11.2. The summed E-state index contributed by atoms with van der Waals surface area (Å²) in [5, 5.41) is 8.33.